The fourth-order valence-electron chi connectivity index (χ4n) is 1.90. The summed E-state index contributed by atoms with van der Waals surface area (Å²) in [5, 5.41) is 3.16. The summed E-state index contributed by atoms with van der Waals surface area (Å²) in [5.41, 5.74) is 2.77. The number of hydrogen-bond donors (Lipinski definition) is 1. The highest BCUT2D eigenvalue weighted by Crippen LogP contribution is 2.29. The molecule has 0 bridgehead atoms. The zero-order chi connectivity index (χ0) is 9.97. The Morgan fingerprint density at radius 3 is 3.14 bits per heavy atom. The molecule has 1 heterocycles. The summed E-state index contributed by atoms with van der Waals surface area (Å²) >= 11 is 0. The molecule has 2 rings (SSSR count). The predicted molar refractivity (Wildman–Crippen MR) is 57.9 cm³/mol. The molecule has 0 saturated heterocycles. The van der Waals surface area contributed by atoms with E-state index in [1.807, 2.05) is 7.05 Å². The van der Waals surface area contributed by atoms with Crippen molar-refractivity contribution < 1.29 is 4.74 Å². The van der Waals surface area contributed by atoms with Gasteiger partial charge in [-0.25, -0.2) is 0 Å². The maximum absolute atomic E-state index is 5.65. The fraction of sp³-hybridized carbons (Fsp3) is 0.500. The highest BCUT2D eigenvalue weighted by molar-refractivity contribution is 5.40. The van der Waals surface area contributed by atoms with Crippen LogP contribution in [-0.4, -0.2) is 19.7 Å². The van der Waals surface area contributed by atoms with Crippen molar-refractivity contribution in [3.63, 3.8) is 0 Å². The Bertz CT molecular complexity index is 322. The molecule has 76 valence electrons. The van der Waals surface area contributed by atoms with Gasteiger partial charge in [0.05, 0.1) is 0 Å². The average molecular weight is 191 g/mol. The van der Waals surface area contributed by atoms with Gasteiger partial charge in [0.1, 0.15) is 11.9 Å². The Morgan fingerprint density at radius 1 is 1.50 bits per heavy atom. The highest BCUT2D eigenvalue weighted by Gasteiger charge is 2.18. The standard InChI is InChI=1S/C12H17NO/c1-9-7-11-8-10(5-6-13-2)3-4-12(11)14-9/h3-4,8-9,13H,5-7H2,1-2H3. The maximum Gasteiger partial charge on any atom is 0.123 e. The molecule has 1 aliphatic heterocycles. The molecule has 1 N–H and O–H groups in total. The van der Waals surface area contributed by atoms with Crippen molar-refractivity contribution in [1.82, 2.24) is 5.32 Å². The first kappa shape index (κ1) is 9.53. The molecule has 2 heteroatoms. The minimum Gasteiger partial charge on any atom is -0.490 e. The van der Waals surface area contributed by atoms with Crippen molar-refractivity contribution >= 4 is 0 Å². The summed E-state index contributed by atoms with van der Waals surface area (Å²) in [6.45, 7) is 3.16. The summed E-state index contributed by atoms with van der Waals surface area (Å²) < 4.78 is 5.65. The van der Waals surface area contributed by atoms with Gasteiger partial charge in [0.15, 0.2) is 0 Å². The third-order valence-electron chi connectivity index (χ3n) is 2.62. The third kappa shape index (κ3) is 1.90. The smallest absolute Gasteiger partial charge is 0.123 e. The van der Waals surface area contributed by atoms with Gasteiger partial charge in [-0.3, -0.25) is 0 Å². The van der Waals surface area contributed by atoms with Crippen molar-refractivity contribution in [1.29, 1.82) is 0 Å². The summed E-state index contributed by atoms with van der Waals surface area (Å²) in [4.78, 5) is 0. The van der Waals surface area contributed by atoms with E-state index in [0.29, 0.717) is 6.10 Å². The summed E-state index contributed by atoms with van der Waals surface area (Å²) in [5.74, 6) is 1.07. The highest BCUT2D eigenvalue weighted by atomic mass is 16.5. The third-order valence-corrected chi connectivity index (χ3v) is 2.62. The molecule has 0 amide bonds. The van der Waals surface area contributed by atoms with Crippen LogP contribution < -0.4 is 10.1 Å². The second kappa shape index (κ2) is 4.01. The van der Waals surface area contributed by atoms with Crippen LogP contribution in [0.2, 0.25) is 0 Å². The lowest BCUT2D eigenvalue weighted by Crippen LogP contribution is -2.10. The van der Waals surface area contributed by atoms with Crippen molar-refractivity contribution in [2.24, 2.45) is 0 Å². The molecule has 1 aromatic carbocycles. The summed E-state index contributed by atoms with van der Waals surface area (Å²) in [7, 11) is 1.98. The lowest BCUT2D eigenvalue weighted by Gasteiger charge is -2.04. The first-order valence-electron chi connectivity index (χ1n) is 5.22. The monoisotopic (exact) mass is 191 g/mol. The van der Waals surface area contributed by atoms with Crippen molar-refractivity contribution in [2.45, 2.75) is 25.9 Å². The van der Waals surface area contributed by atoms with E-state index in [9.17, 15) is 0 Å². The Morgan fingerprint density at radius 2 is 2.36 bits per heavy atom. The van der Waals surface area contributed by atoms with E-state index in [1.165, 1.54) is 11.1 Å². The van der Waals surface area contributed by atoms with Crippen molar-refractivity contribution in [2.75, 3.05) is 13.6 Å². The van der Waals surface area contributed by atoms with Crippen LogP contribution in [0.4, 0.5) is 0 Å². The first-order valence-corrected chi connectivity index (χ1v) is 5.22. The lowest BCUT2D eigenvalue weighted by molar-refractivity contribution is 0.254. The van der Waals surface area contributed by atoms with Crippen LogP contribution >= 0.6 is 0 Å². The molecule has 0 radical (unpaired) electrons. The normalized spacial score (nSPS) is 19.1. The van der Waals surface area contributed by atoms with Gasteiger partial charge in [-0.15, -0.1) is 0 Å². The second-order valence-electron chi connectivity index (χ2n) is 3.93. The van der Waals surface area contributed by atoms with Gasteiger partial charge >= 0.3 is 0 Å². The number of fused-ring (bicyclic) bond motifs is 1. The number of benzene rings is 1. The Hall–Kier alpha value is -1.02. The lowest BCUT2D eigenvalue weighted by atomic mass is 10.1. The van der Waals surface area contributed by atoms with E-state index in [0.717, 1.165) is 25.1 Å². The summed E-state index contributed by atoms with van der Waals surface area (Å²) in [6.07, 6.45) is 2.51. The van der Waals surface area contributed by atoms with E-state index < -0.39 is 0 Å². The van der Waals surface area contributed by atoms with E-state index in [2.05, 4.69) is 30.4 Å². The van der Waals surface area contributed by atoms with Crippen LogP contribution in [0.3, 0.4) is 0 Å². The fourth-order valence-corrected chi connectivity index (χ4v) is 1.90. The molecule has 1 atom stereocenters. The SMILES string of the molecule is CNCCc1ccc2c(c1)CC(C)O2. The molecule has 2 nitrogen and oxygen atoms in total. The summed E-state index contributed by atoms with van der Waals surface area (Å²) in [6, 6.07) is 6.54. The molecule has 0 saturated carbocycles. The molecule has 0 fully saturated rings. The van der Waals surface area contributed by atoms with Gasteiger partial charge in [-0.1, -0.05) is 12.1 Å². The molecule has 1 aromatic rings. The van der Waals surface area contributed by atoms with E-state index in [-0.39, 0.29) is 0 Å². The van der Waals surface area contributed by atoms with Gasteiger partial charge in [0.25, 0.3) is 0 Å². The van der Waals surface area contributed by atoms with Gasteiger partial charge in [-0.05, 0) is 44.1 Å². The van der Waals surface area contributed by atoms with Crippen LogP contribution in [-0.2, 0) is 12.8 Å². The number of hydrogen-bond acceptors (Lipinski definition) is 2. The number of ether oxygens (including phenoxy) is 1. The first-order chi connectivity index (χ1) is 6.79. The van der Waals surface area contributed by atoms with Crippen LogP contribution in [0, 0.1) is 0 Å². The molecule has 0 aliphatic carbocycles. The molecule has 0 spiro atoms. The molecule has 0 aromatic heterocycles. The molecule has 14 heavy (non-hydrogen) atoms. The largest absolute Gasteiger partial charge is 0.490 e. The minimum atomic E-state index is 0.351. The molecule has 1 aliphatic rings. The topological polar surface area (TPSA) is 21.3 Å². The maximum atomic E-state index is 5.65. The molecular weight excluding hydrogens is 174 g/mol. The van der Waals surface area contributed by atoms with Crippen LogP contribution in [0.1, 0.15) is 18.1 Å². The zero-order valence-electron chi connectivity index (χ0n) is 8.84. The van der Waals surface area contributed by atoms with Gasteiger partial charge in [0.2, 0.25) is 0 Å². The van der Waals surface area contributed by atoms with Gasteiger partial charge < -0.3 is 10.1 Å². The van der Waals surface area contributed by atoms with E-state index >= 15 is 0 Å². The van der Waals surface area contributed by atoms with Gasteiger partial charge in [-0.2, -0.15) is 0 Å². The number of likely N-dealkylation sites (N-methyl/N-ethyl adjacent to an activating group) is 1. The quantitative estimate of drug-likeness (QED) is 0.786. The van der Waals surface area contributed by atoms with E-state index in [1.54, 1.807) is 0 Å². The van der Waals surface area contributed by atoms with Gasteiger partial charge in [0, 0.05) is 6.42 Å². The number of nitrogens with one attached hydrogen (secondary N) is 1. The van der Waals surface area contributed by atoms with E-state index in [4.69, 9.17) is 4.74 Å². The Kier molecular flexibility index (Phi) is 2.73. The number of rotatable bonds is 3. The molecule has 1 unspecified atom stereocenters. The zero-order valence-corrected chi connectivity index (χ0v) is 8.84. The predicted octanol–water partition coefficient (Wildman–Crippen LogP) is 1.77. The van der Waals surface area contributed by atoms with Crippen molar-refractivity contribution in [3.05, 3.63) is 29.3 Å². The van der Waals surface area contributed by atoms with Crippen LogP contribution in [0.15, 0.2) is 18.2 Å². The minimum absolute atomic E-state index is 0.351. The molecular formula is C12H17NO. The second-order valence-corrected chi connectivity index (χ2v) is 3.93. The van der Waals surface area contributed by atoms with Crippen LogP contribution in [0.25, 0.3) is 0 Å². The average Bonchev–Trinajstić information content (AvgIpc) is 2.54. The van der Waals surface area contributed by atoms with Crippen LogP contribution in [0.5, 0.6) is 5.75 Å². The Labute approximate surface area is 85.3 Å². The Balaban J connectivity index is 2.12. The van der Waals surface area contributed by atoms with Crippen molar-refractivity contribution in [3.8, 4) is 5.75 Å².